The number of amides is 2. The van der Waals surface area contributed by atoms with Crippen LogP contribution in [0.4, 0.5) is 23.7 Å². The Morgan fingerprint density at radius 3 is 2.79 bits per heavy atom. The number of urea groups is 1. The second-order valence-corrected chi connectivity index (χ2v) is 7.44. The molecular formula is C21H21F3N2O3. The average molecular weight is 406 g/mol. The van der Waals surface area contributed by atoms with Gasteiger partial charge in [0.15, 0.2) is 0 Å². The molecule has 1 unspecified atom stereocenters. The molecule has 154 valence electrons. The highest BCUT2D eigenvalue weighted by molar-refractivity contribution is 5.90. The van der Waals surface area contributed by atoms with E-state index in [-0.39, 0.29) is 18.7 Å². The minimum Gasteiger partial charge on any atom is -0.488 e. The summed E-state index contributed by atoms with van der Waals surface area (Å²) in [5, 5.41) is 15.4. The third kappa shape index (κ3) is 4.32. The lowest BCUT2D eigenvalue weighted by atomic mass is 9.99. The summed E-state index contributed by atoms with van der Waals surface area (Å²) in [7, 11) is 0. The predicted molar refractivity (Wildman–Crippen MR) is 101 cm³/mol. The molecular weight excluding hydrogens is 385 g/mol. The summed E-state index contributed by atoms with van der Waals surface area (Å²) in [6, 6.07) is 8.64. The molecule has 1 aliphatic heterocycles. The third-order valence-electron chi connectivity index (χ3n) is 5.32. The van der Waals surface area contributed by atoms with Crippen LogP contribution in [0, 0.1) is 0 Å². The Labute approximate surface area is 165 Å². The molecule has 0 saturated heterocycles. The van der Waals surface area contributed by atoms with Crippen molar-refractivity contribution in [3.8, 4) is 5.75 Å². The molecule has 0 fully saturated rings. The van der Waals surface area contributed by atoms with Crippen molar-refractivity contribution in [2.24, 2.45) is 0 Å². The zero-order valence-electron chi connectivity index (χ0n) is 15.6. The Morgan fingerprint density at radius 2 is 2.00 bits per heavy atom. The predicted octanol–water partition coefficient (Wildman–Crippen LogP) is 3.68. The summed E-state index contributed by atoms with van der Waals surface area (Å²) in [6.45, 7) is 0.240. The zero-order chi connectivity index (χ0) is 20.6. The highest BCUT2D eigenvalue weighted by Crippen LogP contribution is 2.35. The molecule has 0 saturated carbocycles. The van der Waals surface area contributed by atoms with Gasteiger partial charge in [-0.25, -0.2) is 4.79 Å². The van der Waals surface area contributed by atoms with Gasteiger partial charge in [-0.3, -0.25) is 0 Å². The van der Waals surface area contributed by atoms with Crippen LogP contribution < -0.4 is 15.4 Å². The number of anilines is 1. The van der Waals surface area contributed by atoms with E-state index >= 15 is 0 Å². The summed E-state index contributed by atoms with van der Waals surface area (Å²) in [4.78, 5) is 12.3. The van der Waals surface area contributed by atoms with Gasteiger partial charge >= 0.3 is 12.2 Å². The summed E-state index contributed by atoms with van der Waals surface area (Å²) < 4.78 is 44.2. The van der Waals surface area contributed by atoms with E-state index in [0.29, 0.717) is 42.7 Å². The lowest BCUT2D eigenvalue weighted by Crippen LogP contribution is -2.39. The topological polar surface area (TPSA) is 70.6 Å². The van der Waals surface area contributed by atoms with E-state index < -0.39 is 17.8 Å². The van der Waals surface area contributed by atoms with Crippen molar-refractivity contribution >= 4 is 11.7 Å². The van der Waals surface area contributed by atoms with Gasteiger partial charge in [0, 0.05) is 12.1 Å². The van der Waals surface area contributed by atoms with Crippen molar-refractivity contribution in [2.45, 2.75) is 44.1 Å². The first-order chi connectivity index (χ1) is 13.8. The highest BCUT2D eigenvalue weighted by atomic mass is 19.4. The summed E-state index contributed by atoms with van der Waals surface area (Å²) in [5.41, 5.74) is 2.49. The largest absolute Gasteiger partial charge is 0.488 e. The van der Waals surface area contributed by atoms with Crippen LogP contribution in [0.2, 0.25) is 0 Å². The van der Waals surface area contributed by atoms with Gasteiger partial charge in [0.1, 0.15) is 11.9 Å². The van der Waals surface area contributed by atoms with Crippen molar-refractivity contribution in [1.82, 2.24) is 5.32 Å². The highest BCUT2D eigenvalue weighted by Gasteiger charge is 2.32. The number of aliphatic hydroxyl groups excluding tert-OH is 1. The Balaban J connectivity index is 1.33. The molecule has 2 amide bonds. The molecule has 0 radical (unpaired) electrons. The standard InChI is InChI=1S/C21H21F3N2O3/c22-21(23,24)14-5-7-19-13(8-14)4-6-16(29-19)11-25-20(28)26-18-3-1-2-12-9-15(27)10-17(12)18/h1-3,5,7-8,15-16,27H,4,6,9-11H2,(H2,25,26,28)/t15-,16?/m1/s1. The smallest absolute Gasteiger partial charge is 0.416 e. The van der Waals surface area contributed by atoms with E-state index in [1.165, 1.54) is 6.07 Å². The number of hydrogen-bond donors (Lipinski definition) is 3. The van der Waals surface area contributed by atoms with Gasteiger partial charge in [-0.1, -0.05) is 12.1 Å². The Hall–Kier alpha value is -2.74. The van der Waals surface area contributed by atoms with E-state index in [1.54, 1.807) is 6.07 Å². The SMILES string of the molecule is O=C(NCC1CCc2cc(C(F)(F)F)ccc2O1)Nc1cccc2c1C[C@H](O)C2. The molecule has 0 aromatic heterocycles. The van der Waals surface area contributed by atoms with Crippen LogP contribution in [-0.4, -0.2) is 29.9 Å². The average Bonchev–Trinajstić information content (AvgIpc) is 3.06. The first kappa shape index (κ1) is 19.6. The third-order valence-corrected chi connectivity index (χ3v) is 5.32. The van der Waals surface area contributed by atoms with Gasteiger partial charge in [0.25, 0.3) is 0 Å². The van der Waals surface area contributed by atoms with Crippen LogP contribution in [0.1, 0.15) is 28.7 Å². The molecule has 1 aliphatic carbocycles. The zero-order valence-corrected chi connectivity index (χ0v) is 15.6. The quantitative estimate of drug-likeness (QED) is 0.728. The van der Waals surface area contributed by atoms with Crippen LogP contribution in [0.15, 0.2) is 36.4 Å². The molecule has 2 aromatic rings. The molecule has 4 rings (SSSR count). The van der Waals surface area contributed by atoms with E-state index in [0.717, 1.165) is 23.3 Å². The summed E-state index contributed by atoms with van der Waals surface area (Å²) >= 11 is 0. The number of halogens is 3. The maximum Gasteiger partial charge on any atom is 0.416 e. The Bertz CT molecular complexity index is 930. The molecule has 2 atom stereocenters. The monoisotopic (exact) mass is 406 g/mol. The minimum absolute atomic E-state index is 0.240. The maximum absolute atomic E-state index is 12.8. The number of carbonyl (C=O) groups excluding carboxylic acids is 1. The van der Waals surface area contributed by atoms with Crippen molar-refractivity contribution < 1.29 is 27.8 Å². The van der Waals surface area contributed by atoms with Crippen molar-refractivity contribution in [3.63, 3.8) is 0 Å². The molecule has 5 nitrogen and oxygen atoms in total. The molecule has 3 N–H and O–H groups in total. The van der Waals surface area contributed by atoms with Gasteiger partial charge in [0.2, 0.25) is 0 Å². The number of nitrogens with one attached hydrogen (secondary N) is 2. The Kier molecular flexibility index (Phi) is 5.12. The van der Waals surface area contributed by atoms with Crippen molar-refractivity contribution in [1.29, 1.82) is 0 Å². The van der Waals surface area contributed by atoms with E-state index in [2.05, 4.69) is 10.6 Å². The van der Waals surface area contributed by atoms with E-state index in [1.807, 2.05) is 12.1 Å². The number of rotatable bonds is 3. The lowest BCUT2D eigenvalue weighted by molar-refractivity contribution is -0.137. The molecule has 29 heavy (non-hydrogen) atoms. The van der Waals surface area contributed by atoms with Gasteiger partial charge in [-0.15, -0.1) is 0 Å². The number of aryl methyl sites for hydroxylation is 1. The maximum atomic E-state index is 12.8. The second kappa shape index (κ2) is 7.59. The van der Waals surface area contributed by atoms with Crippen molar-refractivity contribution in [3.05, 3.63) is 58.7 Å². The fourth-order valence-corrected chi connectivity index (χ4v) is 3.88. The first-order valence-electron chi connectivity index (χ1n) is 9.50. The number of alkyl halides is 3. The summed E-state index contributed by atoms with van der Waals surface area (Å²) in [5.74, 6) is 0.423. The van der Waals surface area contributed by atoms with Gasteiger partial charge in [-0.2, -0.15) is 13.2 Å². The first-order valence-corrected chi connectivity index (χ1v) is 9.50. The number of aliphatic hydroxyl groups is 1. The minimum atomic E-state index is -4.38. The number of hydrogen-bond acceptors (Lipinski definition) is 3. The van der Waals surface area contributed by atoms with E-state index in [4.69, 9.17) is 4.74 Å². The molecule has 8 heteroatoms. The van der Waals surface area contributed by atoms with Crippen molar-refractivity contribution in [2.75, 3.05) is 11.9 Å². The van der Waals surface area contributed by atoms with Crippen LogP contribution in [0.3, 0.4) is 0 Å². The molecule has 2 aromatic carbocycles. The number of benzene rings is 2. The normalized spacial score (nSPS) is 20.4. The fraction of sp³-hybridized carbons (Fsp3) is 0.381. The molecule has 0 spiro atoms. The lowest BCUT2D eigenvalue weighted by Gasteiger charge is -2.27. The fourth-order valence-electron chi connectivity index (χ4n) is 3.88. The van der Waals surface area contributed by atoms with Crippen LogP contribution in [0.5, 0.6) is 5.75 Å². The van der Waals surface area contributed by atoms with Gasteiger partial charge in [0.05, 0.1) is 18.2 Å². The van der Waals surface area contributed by atoms with Crippen LogP contribution >= 0.6 is 0 Å². The molecule has 0 bridgehead atoms. The number of fused-ring (bicyclic) bond motifs is 2. The summed E-state index contributed by atoms with van der Waals surface area (Å²) in [6.07, 6.45) is -3.05. The Morgan fingerprint density at radius 1 is 1.17 bits per heavy atom. The number of carbonyl (C=O) groups is 1. The molecule has 2 aliphatic rings. The van der Waals surface area contributed by atoms with E-state index in [9.17, 15) is 23.1 Å². The van der Waals surface area contributed by atoms with Crippen LogP contribution in [0.25, 0.3) is 0 Å². The molecule has 1 heterocycles. The number of ether oxygens (including phenoxy) is 1. The van der Waals surface area contributed by atoms with Gasteiger partial charge in [-0.05, 0) is 60.2 Å². The van der Waals surface area contributed by atoms with Crippen LogP contribution in [-0.2, 0) is 25.4 Å². The van der Waals surface area contributed by atoms with Gasteiger partial charge < -0.3 is 20.5 Å². The second-order valence-electron chi connectivity index (χ2n) is 7.44.